The first-order chi connectivity index (χ1) is 17.1. The third-order valence-corrected chi connectivity index (χ3v) is 6.03. The highest BCUT2D eigenvalue weighted by atomic mass is 31.0. The highest BCUT2D eigenvalue weighted by molar-refractivity contribution is 7.17. The number of para-hydroxylation sites is 1. The lowest BCUT2D eigenvalue weighted by Gasteiger charge is -2.22. The normalized spacial score (nSPS) is 13.5. The molecule has 0 fully saturated rings. The summed E-state index contributed by atoms with van der Waals surface area (Å²) < 4.78 is 70.6. The van der Waals surface area contributed by atoms with Gasteiger partial charge in [-0.1, -0.05) is 18.2 Å². The van der Waals surface area contributed by atoms with Crippen LogP contribution in [0.4, 0.5) is 22.0 Å². The Morgan fingerprint density at radius 3 is 2.33 bits per heavy atom. The van der Waals surface area contributed by atoms with Crippen LogP contribution >= 0.6 is 9.24 Å². The van der Waals surface area contributed by atoms with Crippen LogP contribution in [0.2, 0.25) is 0 Å². The van der Waals surface area contributed by atoms with Gasteiger partial charge < -0.3 is 9.30 Å². The minimum Gasteiger partial charge on any atom is -0.435 e. The van der Waals surface area contributed by atoms with Crippen LogP contribution in [0.5, 0.6) is 5.75 Å². The lowest BCUT2D eigenvalue weighted by atomic mass is 10.1. The SMILES string of the molecule is CC(NC(P)c1cnc(-c2c(C#N)c3ccc(OC(F)F)cc3n2-c2ccccc2)nc1)C(F)(F)F. The topological polar surface area (TPSA) is 75.8 Å². The summed E-state index contributed by atoms with van der Waals surface area (Å²) >= 11 is 0. The van der Waals surface area contributed by atoms with E-state index in [1.165, 1.54) is 30.6 Å². The Balaban J connectivity index is 1.84. The van der Waals surface area contributed by atoms with Gasteiger partial charge >= 0.3 is 12.8 Å². The van der Waals surface area contributed by atoms with Crippen molar-refractivity contribution >= 4 is 20.1 Å². The molecule has 0 aliphatic carbocycles. The van der Waals surface area contributed by atoms with Crippen LogP contribution in [0.25, 0.3) is 28.1 Å². The van der Waals surface area contributed by atoms with Gasteiger partial charge in [0.1, 0.15) is 23.6 Å². The van der Waals surface area contributed by atoms with Gasteiger partial charge in [-0.15, -0.1) is 9.24 Å². The van der Waals surface area contributed by atoms with Crippen LogP contribution in [0.3, 0.4) is 0 Å². The lowest BCUT2D eigenvalue weighted by molar-refractivity contribution is -0.152. The fourth-order valence-corrected chi connectivity index (χ4v) is 4.16. The predicted molar refractivity (Wildman–Crippen MR) is 127 cm³/mol. The van der Waals surface area contributed by atoms with E-state index in [0.29, 0.717) is 27.8 Å². The molecule has 4 aromatic rings. The molecular formula is C24H19F5N5OP. The monoisotopic (exact) mass is 519 g/mol. The van der Waals surface area contributed by atoms with Gasteiger partial charge in [-0.05, 0) is 31.2 Å². The van der Waals surface area contributed by atoms with Crippen molar-refractivity contribution < 1.29 is 26.7 Å². The summed E-state index contributed by atoms with van der Waals surface area (Å²) in [5.41, 5.74) is 1.93. The summed E-state index contributed by atoms with van der Waals surface area (Å²) in [6.07, 6.45) is -1.67. The number of halogens is 5. The van der Waals surface area contributed by atoms with Crippen molar-refractivity contribution in [2.75, 3.05) is 0 Å². The number of nitrogens with one attached hydrogen (secondary N) is 1. The van der Waals surface area contributed by atoms with Crippen LogP contribution in [0.15, 0.2) is 60.9 Å². The van der Waals surface area contributed by atoms with E-state index in [4.69, 9.17) is 0 Å². The third-order valence-electron chi connectivity index (χ3n) is 5.45. The van der Waals surface area contributed by atoms with Crippen LogP contribution in [-0.4, -0.2) is 33.4 Å². The first-order valence-electron chi connectivity index (χ1n) is 10.6. The van der Waals surface area contributed by atoms with E-state index in [1.807, 2.05) is 0 Å². The molecule has 0 aliphatic rings. The second-order valence-corrected chi connectivity index (χ2v) is 8.48. The molecule has 0 radical (unpaired) electrons. The largest absolute Gasteiger partial charge is 0.435 e. The van der Waals surface area contributed by atoms with Crippen LogP contribution in [-0.2, 0) is 0 Å². The molecule has 0 saturated heterocycles. The zero-order valence-corrected chi connectivity index (χ0v) is 19.8. The number of alkyl halides is 5. The summed E-state index contributed by atoms with van der Waals surface area (Å²) in [4.78, 5) is 8.66. The Morgan fingerprint density at radius 1 is 1.08 bits per heavy atom. The van der Waals surface area contributed by atoms with Crippen LogP contribution in [0.1, 0.15) is 23.8 Å². The second-order valence-electron chi connectivity index (χ2n) is 7.81. The van der Waals surface area contributed by atoms with E-state index < -0.39 is 24.6 Å². The average Bonchev–Trinajstić information content (AvgIpc) is 3.17. The molecule has 2 aromatic carbocycles. The van der Waals surface area contributed by atoms with Gasteiger partial charge in [0.2, 0.25) is 0 Å². The molecule has 12 heteroatoms. The van der Waals surface area contributed by atoms with Crippen LogP contribution < -0.4 is 10.1 Å². The summed E-state index contributed by atoms with van der Waals surface area (Å²) in [7, 11) is 2.28. The maximum atomic E-state index is 12.9. The molecule has 4 rings (SSSR count). The maximum absolute atomic E-state index is 12.9. The Morgan fingerprint density at radius 2 is 1.75 bits per heavy atom. The zero-order chi connectivity index (χ0) is 26.0. The molecule has 0 spiro atoms. The number of hydrogen-bond donors (Lipinski definition) is 1. The van der Waals surface area contributed by atoms with E-state index >= 15 is 0 Å². The van der Waals surface area contributed by atoms with Crippen molar-refractivity contribution in [3.8, 4) is 29.0 Å². The first kappa shape index (κ1) is 25.5. The number of nitrogens with zero attached hydrogens (tertiary/aromatic N) is 4. The Labute approximate surface area is 204 Å². The van der Waals surface area contributed by atoms with Crippen molar-refractivity contribution in [2.24, 2.45) is 0 Å². The van der Waals surface area contributed by atoms with E-state index in [2.05, 4.69) is 35.3 Å². The van der Waals surface area contributed by atoms with Crippen LogP contribution in [0, 0.1) is 11.3 Å². The van der Waals surface area contributed by atoms with E-state index in [0.717, 1.165) is 6.92 Å². The number of hydrogen-bond acceptors (Lipinski definition) is 5. The predicted octanol–water partition coefficient (Wildman–Crippen LogP) is 5.97. The molecule has 0 saturated carbocycles. The van der Waals surface area contributed by atoms with Crippen molar-refractivity contribution in [3.05, 3.63) is 72.1 Å². The number of nitriles is 1. The number of benzene rings is 2. The van der Waals surface area contributed by atoms with Gasteiger partial charge in [-0.25, -0.2) is 9.97 Å². The fourth-order valence-electron chi connectivity index (χ4n) is 3.70. The quantitative estimate of drug-likeness (QED) is 0.240. The highest BCUT2D eigenvalue weighted by Gasteiger charge is 2.36. The number of aromatic nitrogens is 3. The average molecular weight is 519 g/mol. The van der Waals surface area contributed by atoms with Gasteiger partial charge in [0.15, 0.2) is 5.82 Å². The van der Waals surface area contributed by atoms with Crippen molar-refractivity contribution in [3.63, 3.8) is 0 Å². The summed E-state index contributed by atoms with van der Waals surface area (Å²) in [6.45, 7) is -2.02. The van der Waals surface area contributed by atoms with E-state index in [-0.39, 0.29) is 17.1 Å². The molecule has 2 aromatic heterocycles. The maximum Gasteiger partial charge on any atom is 0.403 e. The number of fused-ring (bicyclic) bond motifs is 1. The third kappa shape index (κ3) is 5.15. The van der Waals surface area contributed by atoms with Gasteiger partial charge in [-0.3, -0.25) is 5.32 Å². The molecular weight excluding hydrogens is 500 g/mol. The van der Waals surface area contributed by atoms with Crippen molar-refractivity contribution in [1.29, 1.82) is 5.26 Å². The molecule has 3 atom stereocenters. The number of ether oxygens (including phenoxy) is 1. The molecule has 2 heterocycles. The molecule has 6 nitrogen and oxygen atoms in total. The van der Waals surface area contributed by atoms with E-state index in [1.54, 1.807) is 34.9 Å². The minimum atomic E-state index is -4.42. The molecule has 0 bridgehead atoms. The molecule has 186 valence electrons. The van der Waals surface area contributed by atoms with Gasteiger partial charge in [0.05, 0.1) is 11.1 Å². The Kier molecular flexibility index (Phi) is 7.20. The lowest BCUT2D eigenvalue weighted by Crippen LogP contribution is -2.40. The van der Waals surface area contributed by atoms with Gasteiger partial charge in [0.25, 0.3) is 0 Å². The second kappa shape index (κ2) is 10.2. The molecule has 0 amide bonds. The minimum absolute atomic E-state index is 0.0878. The van der Waals surface area contributed by atoms with Crippen molar-refractivity contribution in [2.45, 2.75) is 31.5 Å². The summed E-state index contributed by atoms with van der Waals surface area (Å²) in [5, 5.41) is 12.9. The first-order valence-corrected chi connectivity index (χ1v) is 11.3. The fraction of sp³-hybridized carbons (Fsp3) is 0.208. The summed E-state index contributed by atoms with van der Waals surface area (Å²) in [6, 6.07) is 13.5. The van der Waals surface area contributed by atoms with Crippen molar-refractivity contribution in [1.82, 2.24) is 19.9 Å². The highest BCUT2D eigenvalue weighted by Crippen LogP contribution is 2.37. The zero-order valence-electron chi connectivity index (χ0n) is 18.7. The standard InChI is InChI=1S/C24H19F5N5OP/c1-13(24(27,28)29)33-22(36)14-11-31-21(32-12-14)20-18(10-30)17-8-7-16(35-23(25)26)9-19(17)34(20)15-5-3-2-4-6-15/h2-9,11-13,22-23,33H,36H2,1H3. The van der Waals surface area contributed by atoms with Gasteiger partial charge in [-0.2, -0.15) is 27.2 Å². The smallest absolute Gasteiger partial charge is 0.403 e. The molecule has 1 N–H and O–H groups in total. The molecule has 0 aliphatic heterocycles. The number of rotatable bonds is 7. The Hall–Kier alpha value is -3.61. The van der Waals surface area contributed by atoms with Gasteiger partial charge in [0, 0.05) is 40.9 Å². The molecule has 3 unspecified atom stereocenters. The summed E-state index contributed by atoms with van der Waals surface area (Å²) in [5.74, 6) is -0.733. The van der Waals surface area contributed by atoms with E-state index in [9.17, 15) is 27.2 Å². The molecule has 36 heavy (non-hydrogen) atoms. The Bertz CT molecular complexity index is 1400.